The lowest BCUT2D eigenvalue weighted by Gasteiger charge is -2.28. The van der Waals surface area contributed by atoms with Gasteiger partial charge in [0.1, 0.15) is 10.6 Å². The third kappa shape index (κ3) is 2.64. The van der Waals surface area contributed by atoms with Crippen LogP contribution in [0.1, 0.15) is 32.6 Å². The Kier molecular flexibility index (Phi) is 3.52. The number of rotatable bonds is 3. The van der Waals surface area contributed by atoms with Crippen molar-refractivity contribution in [2.75, 3.05) is 10.7 Å². The minimum absolute atomic E-state index is 0.473. The summed E-state index contributed by atoms with van der Waals surface area (Å²) in [5.74, 6) is 7.60. The largest absolute Gasteiger partial charge is 0.367 e. The molecule has 0 aromatic carbocycles. The number of thiophene rings is 1. The Morgan fingerprint density at radius 2 is 2.26 bits per heavy atom. The second-order valence-electron chi connectivity index (χ2n) is 5.29. The lowest BCUT2D eigenvalue weighted by molar-refractivity contribution is 0.358. The fourth-order valence-corrected chi connectivity index (χ4v) is 3.55. The minimum atomic E-state index is 0.473. The van der Waals surface area contributed by atoms with Crippen molar-refractivity contribution in [1.29, 1.82) is 0 Å². The predicted octanol–water partition coefficient (Wildman–Crippen LogP) is 2.97. The van der Waals surface area contributed by atoms with E-state index in [1.54, 1.807) is 11.3 Å². The third-order valence-corrected chi connectivity index (χ3v) is 4.54. The Balaban J connectivity index is 1.88. The standard InChI is InChI=1S/C13H19N5S/c1-8-3-2-4-9(7-8)15-11-10-5-6-19-12(10)17-13(16-11)18-14/h5-6,8-9H,2-4,7,14H2,1H3,(H2,15,16,17,18). The number of nitrogens with zero attached hydrogens (tertiary/aromatic N) is 2. The topological polar surface area (TPSA) is 75.9 Å². The maximum Gasteiger partial charge on any atom is 0.240 e. The number of anilines is 2. The van der Waals surface area contributed by atoms with Crippen LogP contribution in [0.4, 0.5) is 11.8 Å². The first kappa shape index (κ1) is 12.6. The molecule has 0 saturated heterocycles. The number of fused-ring (bicyclic) bond motifs is 1. The van der Waals surface area contributed by atoms with Crippen LogP contribution in [0.15, 0.2) is 11.4 Å². The summed E-state index contributed by atoms with van der Waals surface area (Å²) < 4.78 is 0. The number of nitrogens with one attached hydrogen (secondary N) is 2. The summed E-state index contributed by atoms with van der Waals surface area (Å²) in [6.07, 6.45) is 5.05. The molecule has 2 unspecified atom stereocenters. The van der Waals surface area contributed by atoms with Crippen LogP contribution in [-0.2, 0) is 0 Å². The van der Waals surface area contributed by atoms with Crippen molar-refractivity contribution in [3.8, 4) is 0 Å². The molecule has 19 heavy (non-hydrogen) atoms. The quantitative estimate of drug-likeness (QED) is 0.594. The molecule has 0 spiro atoms. The van der Waals surface area contributed by atoms with Gasteiger partial charge in [0, 0.05) is 6.04 Å². The van der Waals surface area contributed by atoms with E-state index in [0.29, 0.717) is 12.0 Å². The van der Waals surface area contributed by atoms with Gasteiger partial charge in [0.2, 0.25) is 5.95 Å². The number of hydrogen-bond acceptors (Lipinski definition) is 6. The summed E-state index contributed by atoms with van der Waals surface area (Å²) in [5.41, 5.74) is 2.54. The van der Waals surface area contributed by atoms with Gasteiger partial charge < -0.3 is 5.32 Å². The lowest BCUT2D eigenvalue weighted by Crippen LogP contribution is -2.27. The van der Waals surface area contributed by atoms with E-state index in [4.69, 9.17) is 5.84 Å². The SMILES string of the molecule is CC1CCCC(Nc2nc(NN)nc3sccc23)C1. The van der Waals surface area contributed by atoms with Crippen molar-refractivity contribution in [2.45, 2.75) is 38.6 Å². The van der Waals surface area contributed by atoms with E-state index in [1.165, 1.54) is 25.7 Å². The van der Waals surface area contributed by atoms with Gasteiger partial charge in [-0.3, -0.25) is 5.43 Å². The normalized spacial score (nSPS) is 23.5. The van der Waals surface area contributed by atoms with Crippen molar-refractivity contribution >= 4 is 33.3 Å². The molecule has 2 aromatic rings. The van der Waals surface area contributed by atoms with Crippen LogP contribution in [0, 0.1) is 5.92 Å². The molecule has 0 radical (unpaired) electrons. The van der Waals surface area contributed by atoms with Crippen LogP contribution in [0.2, 0.25) is 0 Å². The first-order valence-corrected chi connectivity index (χ1v) is 7.62. The van der Waals surface area contributed by atoms with E-state index in [0.717, 1.165) is 22.0 Å². The van der Waals surface area contributed by atoms with Crippen molar-refractivity contribution in [1.82, 2.24) is 9.97 Å². The monoisotopic (exact) mass is 277 g/mol. The summed E-state index contributed by atoms with van der Waals surface area (Å²) in [6.45, 7) is 2.32. The predicted molar refractivity (Wildman–Crippen MR) is 80.3 cm³/mol. The van der Waals surface area contributed by atoms with Gasteiger partial charge in [0.05, 0.1) is 5.39 Å². The Hall–Kier alpha value is -1.40. The van der Waals surface area contributed by atoms with E-state index >= 15 is 0 Å². The number of nitrogen functional groups attached to an aromatic ring is 1. The fraction of sp³-hybridized carbons (Fsp3) is 0.538. The summed E-state index contributed by atoms with van der Waals surface area (Å²) in [6, 6.07) is 2.57. The van der Waals surface area contributed by atoms with E-state index < -0.39 is 0 Å². The van der Waals surface area contributed by atoms with Crippen LogP contribution in [0.25, 0.3) is 10.2 Å². The zero-order chi connectivity index (χ0) is 13.2. The van der Waals surface area contributed by atoms with Gasteiger partial charge in [-0.15, -0.1) is 11.3 Å². The van der Waals surface area contributed by atoms with Crippen LogP contribution in [-0.4, -0.2) is 16.0 Å². The van der Waals surface area contributed by atoms with Crippen LogP contribution in [0.3, 0.4) is 0 Å². The molecule has 102 valence electrons. The lowest BCUT2D eigenvalue weighted by atomic mass is 9.87. The molecular weight excluding hydrogens is 258 g/mol. The molecule has 0 aliphatic heterocycles. The van der Waals surface area contributed by atoms with Crippen molar-refractivity contribution in [3.05, 3.63) is 11.4 Å². The highest BCUT2D eigenvalue weighted by atomic mass is 32.1. The van der Waals surface area contributed by atoms with E-state index in [-0.39, 0.29) is 0 Å². The Morgan fingerprint density at radius 1 is 1.37 bits per heavy atom. The average molecular weight is 277 g/mol. The molecule has 1 aliphatic carbocycles. The average Bonchev–Trinajstić information content (AvgIpc) is 2.87. The molecule has 1 saturated carbocycles. The van der Waals surface area contributed by atoms with Crippen molar-refractivity contribution in [3.63, 3.8) is 0 Å². The maximum atomic E-state index is 5.44. The van der Waals surface area contributed by atoms with Crippen LogP contribution in [0.5, 0.6) is 0 Å². The van der Waals surface area contributed by atoms with Gasteiger partial charge >= 0.3 is 0 Å². The Labute approximate surface area is 116 Å². The van der Waals surface area contributed by atoms with Gasteiger partial charge in [-0.2, -0.15) is 4.98 Å². The number of hydrogen-bond donors (Lipinski definition) is 3. The fourth-order valence-electron chi connectivity index (χ4n) is 2.79. The molecule has 3 rings (SSSR count). The molecule has 2 heterocycles. The van der Waals surface area contributed by atoms with Gasteiger partial charge in [-0.25, -0.2) is 10.8 Å². The smallest absolute Gasteiger partial charge is 0.240 e. The summed E-state index contributed by atoms with van der Waals surface area (Å²) in [7, 11) is 0. The highest BCUT2D eigenvalue weighted by Crippen LogP contribution is 2.30. The molecule has 1 fully saturated rings. The summed E-state index contributed by atoms with van der Waals surface area (Å²) in [4.78, 5) is 9.78. The Bertz CT molecular complexity index is 567. The van der Waals surface area contributed by atoms with Gasteiger partial charge in [-0.1, -0.05) is 19.8 Å². The molecule has 4 N–H and O–H groups in total. The van der Waals surface area contributed by atoms with Crippen LogP contribution < -0.4 is 16.6 Å². The Morgan fingerprint density at radius 3 is 3.05 bits per heavy atom. The molecule has 0 bridgehead atoms. The van der Waals surface area contributed by atoms with Gasteiger partial charge in [0.15, 0.2) is 0 Å². The number of nitrogens with two attached hydrogens (primary N) is 1. The molecular formula is C13H19N5S. The van der Waals surface area contributed by atoms with E-state index in [2.05, 4.69) is 33.7 Å². The van der Waals surface area contributed by atoms with E-state index in [9.17, 15) is 0 Å². The van der Waals surface area contributed by atoms with E-state index in [1.807, 2.05) is 5.38 Å². The summed E-state index contributed by atoms with van der Waals surface area (Å²) >= 11 is 1.61. The molecule has 1 aliphatic rings. The highest BCUT2D eigenvalue weighted by Gasteiger charge is 2.20. The minimum Gasteiger partial charge on any atom is -0.367 e. The first-order chi connectivity index (χ1) is 9.26. The van der Waals surface area contributed by atoms with Crippen molar-refractivity contribution in [2.24, 2.45) is 11.8 Å². The molecule has 2 atom stereocenters. The molecule has 6 heteroatoms. The molecule has 0 amide bonds. The first-order valence-electron chi connectivity index (χ1n) is 6.74. The number of hydrazine groups is 1. The number of aromatic nitrogens is 2. The highest BCUT2D eigenvalue weighted by molar-refractivity contribution is 7.16. The van der Waals surface area contributed by atoms with Gasteiger partial charge in [-0.05, 0) is 30.2 Å². The van der Waals surface area contributed by atoms with Gasteiger partial charge in [0.25, 0.3) is 0 Å². The second-order valence-corrected chi connectivity index (χ2v) is 6.19. The zero-order valence-electron chi connectivity index (χ0n) is 11.0. The zero-order valence-corrected chi connectivity index (χ0v) is 11.8. The van der Waals surface area contributed by atoms with Crippen LogP contribution >= 0.6 is 11.3 Å². The molecule has 2 aromatic heterocycles. The maximum absolute atomic E-state index is 5.44. The second kappa shape index (κ2) is 5.30. The van der Waals surface area contributed by atoms with Crippen molar-refractivity contribution < 1.29 is 0 Å². The third-order valence-electron chi connectivity index (χ3n) is 3.73. The summed E-state index contributed by atoms with van der Waals surface area (Å²) in [5, 5.41) is 6.70. The molecule has 5 nitrogen and oxygen atoms in total.